The highest BCUT2D eigenvalue weighted by Gasteiger charge is 2.25. The van der Waals surface area contributed by atoms with E-state index in [1.807, 2.05) is 0 Å². The molecule has 86 valence electrons. The van der Waals surface area contributed by atoms with Gasteiger partial charge in [0, 0.05) is 0 Å². The molecule has 0 fully saturated rings. The molecule has 0 bridgehead atoms. The van der Waals surface area contributed by atoms with E-state index in [4.69, 9.17) is 4.55 Å². The molecular weight excluding hydrogens is 358 g/mol. The first-order valence-electron chi connectivity index (χ1n) is 3.55. The van der Waals surface area contributed by atoms with Crippen molar-refractivity contribution in [2.24, 2.45) is 0 Å². The van der Waals surface area contributed by atoms with E-state index in [1.165, 1.54) is 6.92 Å². The van der Waals surface area contributed by atoms with Gasteiger partial charge in [0.1, 0.15) is 8.96 Å². The van der Waals surface area contributed by atoms with Gasteiger partial charge in [-0.25, -0.2) is 0 Å². The molecule has 1 aliphatic heterocycles. The van der Waals surface area contributed by atoms with E-state index in [-0.39, 0.29) is 14.7 Å². The van der Waals surface area contributed by atoms with Gasteiger partial charge in [0.25, 0.3) is 21.9 Å². The zero-order valence-corrected chi connectivity index (χ0v) is 11.4. The highest BCUT2D eigenvalue weighted by molar-refractivity contribution is 9.14. The molecule has 0 radical (unpaired) electrons. The van der Waals surface area contributed by atoms with E-state index in [9.17, 15) is 18.0 Å². The van der Waals surface area contributed by atoms with Crippen LogP contribution < -0.4 is 5.32 Å². The Kier molecular flexibility index (Phi) is 5.63. The number of imide groups is 1. The summed E-state index contributed by atoms with van der Waals surface area (Å²) in [5.74, 6) is -0.994. The van der Waals surface area contributed by atoms with Gasteiger partial charge in [-0.05, 0) is 38.8 Å². The van der Waals surface area contributed by atoms with Gasteiger partial charge in [0.15, 0.2) is 0 Å². The summed E-state index contributed by atoms with van der Waals surface area (Å²) in [5, 5.41) is 2.07. The van der Waals surface area contributed by atoms with E-state index < -0.39 is 21.9 Å². The van der Waals surface area contributed by atoms with E-state index >= 15 is 0 Å². The van der Waals surface area contributed by atoms with Crippen molar-refractivity contribution >= 4 is 53.8 Å². The molecule has 9 heteroatoms. The second-order valence-corrected chi connectivity index (χ2v) is 5.61. The molecule has 1 aliphatic rings. The van der Waals surface area contributed by atoms with Gasteiger partial charge in [-0.3, -0.25) is 19.5 Å². The normalized spacial score (nSPS) is 16.0. The Bertz CT molecular complexity index is 391. The van der Waals surface area contributed by atoms with Crippen LogP contribution in [-0.2, 0) is 19.7 Å². The van der Waals surface area contributed by atoms with Crippen LogP contribution in [-0.4, -0.2) is 30.5 Å². The average molecular weight is 365 g/mol. The molecule has 2 N–H and O–H groups in total. The molecule has 0 aliphatic carbocycles. The Morgan fingerprint density at radius 2 is 1.47 bits per heavy atom. The summed E-state index contributed by atoms with van der Waals surface area (Å²) in [4.78, 5) is 21.1. The lowest BCUT2D eigenvalue weighted by molar-refractivity contribution is -0.123. The fourth-order valence-corrected chi connectivity index (χ4v) is 0.971. The molecule has 0 unspecified atom stereocenters. The maximum atomic E-state index is 10.5. The van der Waals surface area contributed by atoms with Gasteiger partial charge >= 0.3 is 0 Å². The summed E-state index contributed by atoms with van der Waals surface area (Å²) in [6, 6.07) is 0. The maximum absolute atomic E-state index is 10.5. The predicted octanol–water partition coefficient (Wildman–Crippen LogP) is 0.538. The molecule has 1 heterocycles. The summed E-state index contributed by atoms with van der Waals surface area (Å²) >= 11 is 5.82. The minimum atomic E-state index is -3.66. The van der Waals surface area contributed by atoms with E-state index in [0.29, 0.717) is 0 Å². The Morgan fingerprint density at radius 1 is 1.20 bits per heavy atom. The second-order valence-electron chi connectivity index (χ2n) is 2.28. The van der Waals surface area contributed by atoms with Gasteiger partial charge in [0.2, 0.25) is 0 Å². The molecule has 0 saturated carbocycles. The van der Waals surface area contributed by atoms with Crippen LogP contribution in [0.3, 0.4) is 0 Å². The van der Waals surface area contributed by atoms with Crippen molar-refractivity contribution in [1.82, 2.24) is 5.32 Å². The minimum absolute atomic E-state index is 0.201. The van der Waals surface area contributed by atoms with Gasteiger partial charge in [0.05, 0.1) is 5.75 Å². The van der Waals surface area contributed by atoms with Crippen molar-refractivity contribution in [2.75, 3.05) is 5.75 Å². The zero-order chi connectivity index (χ0) is 12.2. The summed E-state index contributed by atoms with van der Waals surface area (Å²) in [7, 11) is -3.66. The van der Waals surface area contributed by atoms with Gasteiger partial charge in [-0.15, -0.1) is 0 Å². The molecule has 0 spiro atoms. The van der Waals surface area contributed by atoms with Crippen molar-refractivity contribution < 1.29 is 22.6 Å². The lowest BCUT2D eigenvalue weighted by Gasteiger charge is -1.83. The number of nitrogens with one attached hydrogen (secondary N) is 1. The lowest BCUT2D eigenvalue weighted by Crippen LogP contribution is -2.21. The third kappa shape index (κ3) is 5.40. The van der Waals surface area contributed by atoms with Crippen molar-refractivity contribution in [3.63, 3.8) is 0 Å². The van der Waals surface area contributed by atoms with Crippen molar-refractivity contribution in [3.8, 4) is 0 Å². The quantitative estimate of drug-likeness (QED) is 0.522. The van der Waals surface area contributed by atoms with Crippen LogP contribution >= 0.6 is 31.9 Å². The number of carbonyl (C=O) groups excluding carboxylic acids is 2. The Morgan fingerprint density at radius 3 is 1.53 bits per heavy atom. The van der Waals surface area contributed by atoms with Crippen LogP contribution in [0.25, 0.3) is 0 Å². The van der Waals surface area contributed by atoms with Crippen LogP contribution in [0.2, 0.25) is 0 Å². The fourth-order valence-electron chi connectivity index (χ4n) is 0.412. The van der Waals surface area contributed by atoms with Gasteiger partial charge in [-0.2, -0.15) is 8.42 Å². The third-order valence-corrected chi connectivity index (χ3v) is 3.96. The summed E-state index contributed by atoms with van der Waals surface area (Å²) in [5.41, 5.74) is 0. The van der Waals surface area contributed by atoms with E-state index in [2.05, 4.69) is 37.2 Å². The lowest BCUT2D eigenvalue weighted by atomic mass is 10.6. The number of halogens is 2. The first-order valence-corrected chi connectivity index (χ1v) is 6.74. The maximum Gasteiger partial charge on any atom is 0.266 e. The van der Waals surface area contributed by atoms with Crippen molar-refractivity contribution in [3.05, 3.63) is 8.96 Å². The SMILES string of the molecule is CCS(=O)(=O)O.O=C1NC(=O)C(Br)=C1Br. The highest BCUT2D eigenvalue weighted by atomic mass is 79.9. The minimum Gasteiger partial charge on any atom is -0.287 e. The van der Waals surface area contributed by atoms with Crippen molar-refractivity contribution in [1.29, 1.82) is 0 Å². The predicted molar refractivity (Wildman–Crippen MR) is 60.1 cm³/mol. The van der Waals surface area contributed by atoms with Crippen LogP contribution in [0.1, 0.15) is 6.92 Å². The largest absolute Gasteiger partial charge is 0.287 e. The third-order valence-electron chi connectivity index (χ3n) is 1.18. The molecule has 0 aromatic heterocycles. The summed E-state index contributed by atoms with van der Waals surface area (Å²) in [6.07, 6.45) is 0. The smallest absolute Gasteiger partial charge is 0.266 e. The van der Waals surface area contributed by atoms with Crippen molar-refractivity contribution in [2.45, 2.75) is 6.92 Å². The zero-order valence-electron chi connectivity index (χ0n) is 7.45. The second kappa shape index (κ2) is 5.73. The van der Waals surface area contributed by atoms with Crippen LogP contribution in [0, 0.1) is 0 Å². The molecule has 0 saturated heterocycles. The first-order chi connectivity index (χ1) is 6.69. The molecule has 0 aromatic rings. The number of amides is 2. The standard InChI is InChI=1S/C4HBr2NO2.C2H6O3S/c5-1-2(6)4(9)7-3(1)8;1-2-6(3,4)5/h(H,7,8,9);2H2,1H3,(H,3,4,5). The molecule has 15 heavy (non-hydrogen) atoms. The Hall–Kier alpha value is -0.250. The monoisotopic (exact) mass is 363 g/mol. The molecule has 6 nitrogen and oxygen atoms in total. The number of hydrogen-bond donors (Lipinski definition) is 2. The average Bonchev–Trinajstić information content (AvgIpc) is 2.33. The number of rotatable bonds is 1. The topological polar surface area (TPSA) is 101 Å². The van der Waals surface area contributed by atoms with Gasteiger partial charge in [-0.1, -0.05) is 0 Å². The fraction of sp³-hybridized carbons (Fsp3) is 0.333. The van der Waals surface area contributed by atoms with E-state index in [0.717, 1.165) is 0 Å². The van der Waals surface area contributed by atoms with Gasteiger partial charge < -0.3 is 0 Å². The first kappa shape index (κ1) is 14.8. The molecule has 0 aromatic carbocycles. The van der Waals surface area contributed by atoms with E-state index in [1.54, 1.807) is 0 Å². The summed E-state index contributed by atoms with van der Waals surface area (Å²) in [6.45, 7) is 1.37. The van der Waals surface area contributed by atoms with Crippen LogP contribution in [0.5, 0.6) is 0 Å². The highest BCUT2D eigenvalue weighted by Crippen LogP contribution is 2.22. The van der Waals surface area contributed by atoms with Crippen LogP contribution in [0.15, 0.2) is 8.96 Å². The molecule has 1 rings (SSSR count). The Balaban J connectivity index is 0.000000288. The summed E-state index contributed by atoms with van der Waals surface area (Å²) < 4.78 is 27.4. The number of carbonyl (C=O) groups is 2. The Labute approximate surface area is 103 Å². The van der Waals surface area contributed by atoms with Crippen LogP contribution in [0.4, 0.5) is 0 Å². The molecule has 0 atom stereocenters. The number of hydrogen-bond acceptors (Lipinski definition) is 4. The molecule has 2 amide bonds. The molecular formula is C6H7Br2NO5S.